The molecule has 1 amide bonds. The maximum absolute atomic E-state index is 13.2. The van der Waals surface area contributed by atoms with E-state index < -0.39 is 32.2 Å². The number of aliphatic hydroxyl groups is 1. The summed E-state index contributed by atoms with van der Waals surface area (Å²) in [4.78, 5) is 18.7. The first-order valence-electron chi connectivity index (χ1n) is 11.3. The molecule has 3 atom stereocenters. The molecule has 2 aromatic rings. The van der Waals surface area contributed by atoms with E-state index in [-0.39, 0.29) is 48.7 Å². The van der Waals surface area contributed by atoms with Gasteiger partial charge >= 0.3 is 0 Å². The quantitative estimate of drug-likeness (QED) is 0.481. The van der Waals surface area contributed by atoms with Crippen LogP contribution in [0.15, 0.2) is 35.7 Å². The number of aliphatic hydroxyl groups excluding tert-OH is 1. The minimum atomic E-state index is -3.96. The van der Waals surface area contributed by atoms with Gasteiger partial charge in [0.05, 0.1) is 38.2 Å². The number of aryl methyl sites for hydroxylation is 1. The maximum atomic E-state index is 13.2. The Labute approximate surface area is 212 Å². The molecule has 2 heterocycles. The molecule has 12 nitrogen and oxygen atoms in total. The number of amides is 1. The summed E-state index contributed by atoms with van der Waals surface area (Å²) in [5, 5.41) is 9.57. The number of fused-ring (bicyclic) bond motifs is 1. The van der Waals surface area contributed by atoms with Gasteiger partial charge in [-0.3, -0.25) is 9.52 Å². The summed E-state index contributed by atoms with van der Waals surface area (Å²) in [6.45, 7) is 3.62. The van der Waals surface area contributed by atoms with Crippen LogP contribution < -0.4 is 9.46 Å². The Hall–Kier alpha value is -2.68. The molecule has 3 rings (SSSR count). The van der Waals surface area contributed by atoms with Gasteiger partial charge < -0.3 is 19.3 Å². The monoisotopic (exact) mass is 543 g/mol. The normalized spacial score (nSPS) is 20.2. The number of likely N-dealkylation sites (N-methyl/N-ethyl adjacent to an activating group) is 1. The van der Waals surface area contributed by atoms with Gasteiger partial charge in [0.25, 0.3) is 10.0 Å². The molecule has 0 fully saturated rings. The predicted molar refractivity (Wildman–Crippen MR) is 133 cm³/mol. The van der Waals surface area contributed by atoms with Crippen LogP contribution in [0, 0.1) is 5.92 Å². The topological polar surface area (TPSA) is 151 Å². The number of ether oxygens (including phenoxy) is 1. The molecular formula is C22H33N5O7S2. The van der Waals surface area contributed by atoms with Crippen molar-refractivity contribution < 1.29 is 31.5 Å². The van der Waals surface area contributed by atoms with Crippen molar-refractivity contribution in [2.24, 2.45) is 13.0 Å². The summed E-state index contributed by atoms with van der Waals surface area (Å²) >= 11 is 0. The Morgan fingerprint density at radius 1 is 1.31 bits per heavy atom. The third-order valence-electron chi connectivity index (χ3n) is 6.13. The van der Waals surface area contributed by atoms with Crippen molar-refractivity contribution in [2.75, 3.05) is 37.7 Å². The van der Waals surface area contributed by atoms with Crippen molar-refractivity contribution in [1.82, 2.24) is 18.8 Å². The molecule has 0 unspecified atom stereocenters. The van der Waals surface area contributed by atoms with Crippen LogP contribution in [0.5, 0.6) is 5.75 Å². The van der Waals surface area contributed by atoms with Crippen LogP contribution in [0.2, 0.25) is 0 Å². The lowest BCUT2D eigenvalue weighted by Gasteiger charge is -2.33. The molecule has 0 spiro atoms. The van der Waals surface area contributed by atoms with E-state index in [0.717, 1.165) is 6.26 Å². The molecule has 1 aliphatic heterocycles. The number of benzene rings is 1. The molecule has 14 heteroatoms. The van der Waals surface area contributed by atoms with E-state index in [0.29, 0.717) is 11.3 Å². The van der Waals surface area contributed by atoms with Crippen molar-refractivity contribution in [2.45, 2.75) is 37.4 Å². The van der Waals surface area contributed by atoms with Crippen molar-refractivity contribution in [3.8, 4) is 5.75 Å². The fraction of sp³-hybridized carbons (Fsp3) is 0.545. The van der Waals surface area contributed by atoms with Gasteiger partial charge in [0.1, 0.15) is 11.9 Å². The molecular weight excluding hydrogens is 510 g/mol. The van der Waals surface area contributed by atoms with E-state index in [9.17, 15) is 26.7 Å². The molecule has 2 N–H and O–H groups in total. The highest BCUT2D eigenvalue weighted by Gasteiger charge is 2.32. The van der Waals surface area contributed by atoms with Crippen molar-refractivity contribution in [3.63, 3.8) is 0 Å². The third-order valence-corrected chi connectivity index (χ3v) is 8.68. The van der Waals surface area contributed by atoms with Crippen LogP contribution in [0.4, 0.5) is 5.69 Å². The number of rotatable bonds is 8. The standard InChI is InChI=1S/C22H33N5O7S2/c1-15-10-27(16(2)13-28)22(29)9-17-8-18(24-36(32,33)21-12-25(3)14-23-21)6-7-19(17)34-20(15)11-26(4)35(5,30)31/h6-8,12,14-16,20,24,28H,9-11,13H2,1-5H3/t15-,16+,20-/m0/s1. The Morgan fingerprint density at radius 2 is 2.00 bits per heavy atom. The second-order valence-electron chi connectivity index (χ2n) is 9.24. The zero-order valence-corrected chi connectivity index (χ0v) is 22.6. The van der Waals surface area contributed by atoms with E-state index in [2.05, 4.69) is 9.71 Å². The number of imidazole rings is 1. The van der Waals surface area contributed by atoms with Crippen LogP contribution in [0.25, 0.3) is 0 Å². The fourth-order valence-corrected chi connectivity index (χ4v) is 5.29. The molecule has 1 aromatic heterocycles. The Morgan fingerprint density at radius 3 is 2.58 bits per heavy atom. The lowest BCUT2D eigenvalue weighted by molar-refractivity contribution is -0.134. The van der Waals surface area contributed by atoms with Crippen LogP contribution in [0.3, 0.4) is 0 Å². The number of nitrogens with one attached hydrogen (secondary N) is 1. The van der Waals surface area contributed by atoms with E-state index in [1.54, 1.807) is 24.9 Å². The first-order chi connectivity index (χ1) is 16.7. The number of carbonyl (C=O) groups excluding carboxylic acids is 1. The number of hydrogen-bond donors (Lipinski definition) is 2. The highest BCUT2D eigenvalue weighted by atomic mass is 32.2. The summed E-state index contributed by atoms with van der Waals surface area (Å²) in [6.07, 6.45) is 3.13. The molecule has 0 saturated heterocycles. The van der Waals surface area contributed by atoms with Gasteiger partial charge in [-0.2, -0.15) is 8.42 Å². The van der Waals surface area contributed by atoms with Crippen LogP contribution in [-0.4, -0.2) is 91.8 Å². The summed E-state index contributed by atoms with van der Waals surface area (Å²) in [7, 11) is -4.34. The van der Waals surface area contributed by atoms with Crippen LogP contribution in [-0.2, 0) is 38.3 Å². The van der Waals surface area contributed by atoms with E-state index >= 15 is 0 Å². The molecule has 0 bridgehead atoms. The van der Waals surface area contributed by atoms with Gasteiger partial charge in [0, 0.05) is 44.0 Å². The number of sulfonamides is 2. The molecule has 0 radical (unpaired) electrons. The average molecular weight is 544 g/mol. The van der Waals surface area contributed by atoms with E-state index in [1.165, 1.54) is 40.6 Å². The maximum Gasteiger partial charge on any atom is 0.280 e. The van der Waals surface area contributed by atoms with Gasteiger partial charge in [-0.25, -0.2) is 17.7 Å². The Balaban J connectivity index is 2.00. The first kappa shape index (κ1) is 27.9. The van der Waals surface area contributed by atoms with Gasteiger partial charge in [-0.15, -0.1) is 0 Å². The molecule has 0 aliphatic carbocycles. The Bertz CT molecular complexity index is 1310. The number of carbonyl (C=O) groups is 1. The summed E-state index contributed by atoms with van der Waals surface area (Å²) in [6, 6.07) is 4.12. The molecule has 200 valence electrons. The van der Waals surface area contributed by atoms with Gasteiger partial charge in [-0.1, -0.05) is 6.92 Å². The second kappa shape index (κ2) is 10.7. The lowest BCUT2D eigenvalue weighted by Crippen LogP contribution is -2.48. The first-order valence-corrected chi connectivity index (χ1v) is 14.7. The SMILES string of the molecule is C[C@H](CO)N1C[C@H](C)[C@H](CN(C)S(C)(=O)=O)Oc2ccc(NS(=O)(=O)c3cn(C)cn3)cc2CC1=O. The minimum Gasteiger partial charge on any atom is -0.488 e. The Kier molecular flexibility index (Phi) is 8.33. The van der Waals surface area contributed by atoms with Gasteiger partial charge in [0.15, 0.2) is 5.03 Å². The summed E-state index contributed by atoms with van der Waals surface area (Å²) < 4.78 is 61.0. The zero-order chi connectivity index (χ0) is 26.8. The van der Waals surface area contributed by atoms with E-state index in [1.807, 2.05) is 6.92 Å². The highest BCUT2D eigenvalue weighted by Crippen LogP contribution is 2.30. The molecule has 1 aliphatic rings. The third kappa shape index (κ3) is 6.55. The summed E-state index contributed by atoms with van der Waals surface area (Å²) in [5.41, 5.74) is 0.645. The molecule has 0 saturated carbocycles. The number of anilines is 1. The van der Waals surface area contributed by atoms with E-state index in [4.69, 9.17) is 4.74 Å². The van der Waals surface area contributed by atoms with Crippen molar-refractivity contribution >= 4 is 31.6 Å². The number of hydrogen-bond acceptors (Lipinski definition) is 8. The van der Waals surface area contributed by atoms with Crippen LogP contribution >= 0.6 is 0 Å². The fourth-order valence-electron chi connectivity index (χ4n) is 3.83. The van der Waals surface area contributed by atoms with Crippen molar-refractivity contribution in [1.29, 1.82) is 0 Å². The van der Waals surface area contributed by atoms with Gasteiger partial charge in [0.2, 0.25) is 15.9 Å². The van der Waals surface area contributed by atoms with Gasteiger partial charge in [-0.05, 0) is 25.1 Å². The molecule has 1 aromatic carbocycles. The number of aromatic nitrogens is 2. The predicted octanol–water partition coefficient (Wildman–Crippen LogP) is 0.261. The van der Waals surface area contributed by atoms with Crippen LogP contribution in [0.1, 0.15) is 19.4 Å². The largest absolute Gasteiger partial charge is 0.488 e. The smallest absolute Gasteiger partial charge is 0.280 e. The second-order valence-corrected chi connectivity index (χ2v) is 13.0. The lowest BCUT2D eigenvalue weighted by atomic mass is 10.0. The summed E-state index contributed by atoms with van der Waals surface area (Å²) in [5.74, 6) is -0.197. The highest BCUT2D eigenvalue weighted by molar-refractivity contribution is 7.92. The average Bonchev–Trinajstić information content (AvgIpc) is 3.24. The minimum absolute atomic E-state index is 0.0447. The number of nitrogens with zero attached hydrogens (tertiary/aromatic N) is 4. The van der Waals surface area contributed by atoms with Crippen molar-refractivity contribution in [3.05, 3.63) is 36.3 Å². The molecule has 36 heavy (non-hydrogen) atoms. The zero-order valence-electron chi connectivity index (χ0n) is 20.9.